The standard InChI is InChI=1S/C16H23N3O3/c1-11(20)13(14(17)21)19-15(22)16(8-5-9-18-16)10-12-6-3-2-4-7-12/h2-4,6-7,11,13,18,20H,5,8-10H2,1H3,(H2,17,21)(H,19,22)/t11-,13+,16+/m1/s1. The molecule has 0 aliphatic carbocycles. The molecule has 6 heteroatoms. The lowest BCUT2D eigenvalue weighted by molar-refractivity contribution is -0.133. The summed E-state index contributed by atoms with van der Waals surface area (Å²) in [5.74, 6) is -1.03. The molecule has 2 rings (SSSR count). The van der Waals surface area contributed by atoms with Crippen molar-refractivity contribution in [1.29, 1.82) is 0 Å². The summed E-state index contributed by atoms with van der Waals surface area (Å²) < 4.78 is 0. The first-order chi connectivity index (χ1) is 10.4. The topological polar surface area (TPSA) is 104 Å². The van der Waals surface area contributed by atoms with Crippen LogP contribution >= 0.6 is 0 Å². The molecule has 1 aliphatic heterocycles. The Labute approximate surface area is 130 Å². The van der Waals surface area contributed by atoms with Crippen molar-refractivity contribution in [1.82, 2.24) is 10.6 Å². The van der Waals surface area contributed by atoms with Gasteiger partial charge in [0.1, 0.15) is 11.6 Å². The molecule has 0 radical (unpaired) electrons. The monoisotopic (exact) mass is 305 g/mol. The van der Waals surface area contributed by atoms with E-state index < -0.39 is 23.6 Å². The highest BCUT2D eigenvalue weighted by Gasteiger charge is 2.42. The molecule has 1 aliphatic rings. The van der Waals surface area contributed by atoms with Crippen molar-refractivity contribution in [3.8, 4) is 0 Å². The Morgan fingerprint density at radius 3 is 2.59 bits per heavy atom. The third-order valence-corrected chi connectivity index (χ3v) is 4.10. The molecule has 6 nitrogen and oxygen atoms in total. The summed E-state index contributed by atoms with van der Waals surface area (Å²) in [6.45, 7) is 2.18. The molecule has 0 spiro atoms. The van der Waals surface area contributed by atoms with Crippen LogP contribution in [0.5, 0.6) is 0 Å². The summed E-state index contributed by atoms with van der Waals surface area (Å²) in [6.07, 6.45) is 1.07. The lowest BCUT2D eigenvalue weighted by Crippen LogP contribution is -2.61. The van der Waals surface area contributed by atoms with Gasteiger partial charge >= 0.3 is 0 Å². The van der Waals surface area contributed by atoms with Gasteiger partial charge in [-0.1, -0.05) is 30.3 Å². The zero-order valence-corrected chi connectivity index (χ0v) is 12.7. The molecular formula is C16H23N3O3. The van der Waals surface area contributed by atoms with Crippen LogP contribution in [0, 0.1) is 0 Å². The predicted octanol–water partition coefficient (Wildman–Crippen LogP) is -0.298. The second-order valence-electron chi connectivity index (χ2n) is 5.87. The van der Waals surface area contributed by atoms with Gasteiger partial charge in [-0.05, 0) is 38.3 Å². The van der Waals surface area contributed by atoms with Gasteiger partial charge in [0, 0.05) is 0 Å². The van der Waals surface area contributed by atoms with E-state index in [4.69, 9.17) is 5.73 Å². The molecule has 120 valence electrons. The highest BCUT2D eigenvalue weighted by molar-refractivity contribution is 5.92. The molecular weight excluding hydrogens is 282 g/mol. The van der Waals surface area contributed by atoms with Crippen molar-refractivity contribution < 1.29 is 14.7 Å². The number of hydrogen-bond acceptors (Lipinski definition) is 4. The van der Waals surface area contributed by atoms with Crippen molar-refractivity contribution in [2.24, 2.45) is 5.73 Å². The fourth-order valence-electron chi connectivity index (χ4n) is 2.88. The number of nitrogens with one attached hydrogen (secondary N) is 2. The number of amides is 2. The molecule has 22 heavy (non-hydrogen) atoms. The molecule has 1 heterocycles. The minimum atomic E-state index is -1.08. The van der Waals surface area contributed by atoms with E-state index in [1.807, 2.05) is 30.3 Å². The van der Waals surface area contributed by atoms with E-state index in [0.717, 1.165) is 18.5 Å². The SMILES string of the molecule is C[C@@H](O)[C@H](NC(=O)[C@@]1(Cc2ccccc2)CCCN1)C(N)=O. The first-order valence-electron chi connectivity index (χ1n) is 7.52. The van der Waals surface area contributed by atoms with Crippen LogP contribution < -0.4 is 16.4 Å². The normalized spacial score (nSPS) is 23.7. The molecule has 0 aromatic heterocycles. The first-order valence-corrected chi connectivity index (χ1v) is 7.52. The van der Waals surface area contributed by atoms with Crippen molar-refractivity contribution in [2.75, 3.05) is 6.54 Å². The summed E-state index contributed by atoms with van der Waals surface area (Å²) in [7, 11) is 0. The van der Waals surface area contributed by atoms with Gasteiger partial charge in [0.2, 0.25) is 11.8 Å². The van der Waals surface area contributed by atoms with Gasteiger partial charge in [-0.15, -0.1) is 0 Å². The van der Waals surface area contributed by atoms with Crippen molar-refractivity contribution >= 4 is 11.8 Å². The number of hydrogen-bond donors (Lipinski definition) is 4. The number of carbonyl (C=O) groups is 2. The van der Waals surface area contributed by atoms with E-state index in [9.17, 15) is 14.7 Å². The van der Waals surface area contributed by atoms with Crippen molar-refractivity contribution in [3.05, 3.63) is 35.9 Å². The second-order valence-corrected chi connectivity index (χ2v) is 5.87. The lowest BCUT2D eigenvalue weighted by Gasteiger charge is -2.31. The van der Waals surface area contributed by atoms with Crippen LogP contribution in [0.15, 0.2) is 30.3 Å². The van der Waals surface area contributed by atoms with E-state index in [1.165, 1.54) is 6.92 Å². The quantitative estimate of drug-likeness (QED) is 0.579. The van der Waals surface area contributed by atoms with Crippen molar-refractivity contribution in [3.63, 3.8) is 0 Å². The summed E-state index contributed by atoms with van der Waals surface area (Å²) in [5.41, 5.74) is 5.53. The van der Waals surface area contributed by atoms with Crippen molar-refractivity contribution in [2.45, 2.75) is 43.9 Å². The summed E-state index contributed by atoms with van der Waals surface area (Å²) >= 11 is 0. The molecule has 0 saturated carbocycles. The fourth-order valence-corrected chi connectivity index (χ4v) is 2.88. The Morgan fingerprint density at radius 1 is 1.41 bits per heavy atom. The van der Waals surface area contributed by atoms with Crippen LogP contribution in [0.4, 0.5) is 0 Å². The lowest BCUT2D eigenvalue weighted by atomic mass is 9.88. The number of primary amides is 1. The van der Waals surface area contributed by atoms with Gasteiger partial charge in [-0.3, -0.25) is 9.59 Å². The number of rotatable bonds is 6. The van der Waals surface area contributed by atoms with Crippen LogP contribution in [0.1, 0.15) is 25.3 Å². The molecule has 2 amide bonds. The van der Waals surface area contributed by atoms with Crippen LogP contribution in [-0.2, 0) is 16.0 Å². The zero-order valence-electron chi connectivity index (χ0n) is 12.7. The van der Waals surface area contributed by atoms with Gasteiger partial charge in [0.15, 0.2) is 0 Å². The smallest absolute Gasteiger partial charge is 0.242 e. The Bertz CT molecular complexity index is 525. The average Bonchev–Trinajstić information content (AvgIpc) is 2.94. The Hall–Kier alpha value is -1.92. The molecule has 3 atom stereocenters. The van der Waals surface area contributed by atoms with Gasteiger partial charge in [-0.25, -0.2) is 0 Å². The first kappa shape index (κ1) is 16.5. The number of aliphatic hydroxyl groups is 1. The highest BCUT2D eigenvalue weighted by atomic mass is 16.3. The third kappa shape index (κ3) is 3.64. The van der Waals surface area contributed by atoms with E-state index in [2.05, 4.69) is 10.6 Å². The van der Waals surface area contributed by atoms with Gasteiger partial charge in [0.25, 0.3) is 0 Å². The van der Waals surface area contributed by atoms with E-state index in [-0.39, 0.29) is 5.91 Å². The largest absolute Gasteiger partial charge is 0.391 e. The predicted molar refractivity (Wildman–Crippen MR) is 82.9 cm³/mol. The Morgan fingerprint density at radius 2 is 2.09 bits per heavy atom. The Kier molecular flexibility index (Phi) is 5.15. The minimum absolute atomic E-state index is 0.293. The van der Waals surface area contributed by atoms with E-state index in [1.54, 1.807) is 0 Å². The van der Waals surface area contributed by atoms with Crippen LogP contribution in [0.2, 0.25) is 0 Å². The highest BCUT2D eigenvalue weighted by Crippen LogP contribution is 2.25. The molecule has 1 aromatic carbocycles. The summed E-state index contributed by atoms with van der Waals surface area (Å²) in [6, 6.07) is 8.64. The fraction of sp³-hybridized carbons (Fsp3) is 0.500. The number of nitrogens with two attached hydrogens (primary N) is 1. The molecule has 0 unspecified atom stereocenters. The van der Waals surface area contributed by atoms with Crippen LogP contribution in [0.3, 0.4) is 0 Å². The van der Waals surface area contributed by atoms with Gasteiger partial charge in [0.05, 0.1) is 6.10 Å². The molecule has 1 fully saturated rings. The van der Waals surface area contributed by atoms with E-state index in [0.29, 0.717) is 12.8 Å². The maximum Gasteiger partial charge on any atom is 0.242 e. The number of carbonyl (C=O) groups excluding carboxylic acids is 2. The maximum atomic E-state index is 12.7. The summed E-state index contributed by atoms with van der Waals surface area (Å²) in [5, 5.41) is 15.5. The molecule has 5 N–H and O–H groups in total. The number of aliphatic hydroxyl groups excluding tert-OH is 1. The average molecular weight is 305 g/mol. The summed E-state index contributed by atoms with van der Waals surface area (Å²) in [4.78, 5) is 24.1. The van der Waals surface area contributed by atoms with Gasteiger partial charge in [-0.2, -0.15) is 0 Å². The third-order valence-electron chi connectivity index (χ3n) is 4.10. The minimum Gasteiger partial charge on any atom is -0.391 e. The maximum absolute atomic E-state index is 12.7. The van der Waals surface area contributed by atoms with Crippen LogP contribution in [-0.4, -0.2) is 41.2 Å². The zero-order chi connectivity index (χ0) is 16.2. The molecule has 1 saturated heterocycles. The number of benzene rings is 1. The molecule has 1 aromatic rings. The molecule has 0 bridgehead atoms. The van der Waals surface area contributed by atoms with Crippen LogP contribution in [0.25, 0.3) is 0 Å². The second kappa shape index (κ2) is 6.89. The van der Waals surface area contributed by atoms with Gasteiger partial charge < -0.3 is 21.5 Å². The van der Waals surface area contributed by atoms with E-state index >= 15 is 0 Å². The Balaban J connectivity index is 2.16.